The van der Waals surface area contributed by atoms with E-state index in [9.17, 15) is 18.8 Å². The maximum atomic E-state index is 13.1. The van der Waals surface area contributed by atoms with Crippen molar-refractivity contribution in [3.8, 4) is 0 Å². The van der Waals surface area contributed by atoms with Gasteiger partial charge in [-0.3, -0.25) is 14.8 Å². The summed E-state index contributed by atoms with van der Waals surface area (Å²) in [4.78, 5) is 37.0. The van der Waals surface area contributed by atoms with E-state index >= 15 is 0 Å². The minimum atomic E-state index is -1.13. The van der Waals surface area contributed by atoms with Crippen LogP contribution in [0.15, 0.2) is 24.3 Å². The molecule has 1 aromatic carbocycles. The smallest absolute Gasteiger partial charge is 0.325 e. The van der Waals surface area contributed by atoms with Crippen molar-refractivity contribution in [2.75, 3.05) is 6.61 Å². The van der Waals surface area contributed by atoms with Crippen molar-refractivity contribution in [2.24, 2.45) is 5.92 Å². The molecule has 0 aliphatic carbocycles. The van der Waals surface area contributed by atoms with Crippen LogP contribution in [0.5, 0.6) is 0 Å². The molecule has 1 aromatic rings. The normalized spacial score (nSPS) is 18.4. The second kappa shape index (κ2) is 8.04. The number of hydroxylamine groups is 1. The average molecular weight is 353 g/mol. The molecule has 0 spiro atoms. The summed E-state index contributed by atoms with van der Waals surface area (Å²) < 4.78 is 18.5. The molecule has 1 fully saturated rings. The van der Waals surface area contributed by atoms with E-state index in [1.165, 1.54) is 17.6 Å². The fraction of sp³-hybridized carbons (Fsp3) is 0.438. The molecule has 0 aromatic heterocycles. The Morgan fingerprint density at radius 1 is 1.44 bits per heavy atom. The minimum absolute atomic E-state index is 0.0716. The molecule has 136 valence electrons. The van der Waals surface area contributed by atoms with E-state index in [0.29, 0.717) is 5.56 Å². The zero-order valence-corrected chi connectivity index (χ0v) is 13.9. The van der Waals surface area contributed by atoms with Gasteiger partial charge in [-0.1, -0.05) is 26.0 Å². The fourth-order valence-electron chi connectivity index (χ4n) is 2.63. The van der Waals surface area contributed by atoms with Gasteiger partial charge in [0, 0.05) is 0 Å². The first-order valence-electron chi connectivity index (χ1n) is 7.74. The summed E-state index contributed by atoms with van der Waals surface area (Å²) in [6, 6.07) is 3.01. The van der Waals surface area contributed by atoms with Crippen molar-refractivity contribution in [1.29, 1.82) is 0 Å². The van der Waals surface area contributed by atoms with Gasteiger partial charge < -0.3 is 10.1 Å². The largest absolute Gasteiger partial charge is 0.374 e. The van der Waals surface area contributed by atoms with E-state index in [4.69, 9.17) is 9.94 Å². The highest BCUT2D eigenvalue weighted by Crippen LogP contribution is 2.18. The molecular formula is C16H20FN3O5. The van der Waals surface area contributed by atoms with Crippen LogP contribution in [-0.2, 0) is 20.9 Å². The lowest BCUT2D eigenvalue weighted by molar-refractivity contribution is -0.142. The summed E-state index contributed by atoms with van der Waals surface area (Å²) in [5.74, 6) is -2.26. The van der Waals surface area contributed by atoms with Crippen molar-refractivity contribution < 1.29 is 28.7 Å². The second-order valence-corrected chi connectivity index (χ2v) is 6.02. The first kappa shape index (κ1) is 18.8. The molecule has 4 amide bonds. The molecule has 2 rings (SSSR count). The number of ether oxygens (including phenoxy) is 1. The van der Waals surface area contributed by atoms with Crippen LogP contribution in [0, 0.1) is 11.7 Å². The number of amides is 4. The van der Waals surface area contributed by atoms with Gasteiger partial charge in [0.15, 0.2) is 0 Å². The van der Waals surface area contributed by atoms with E-state index < -0.39 is 41.7 Å². The maximum absolute atomic E-state index is 13.1. The molecule has 25 heavy (non-hydrogen) atoms. The van der Waals surface area contributed by atoms with Crippen LogP contribution in [-0.4, -0.2) is 46.6 Å². The van der Waals surface area contributed by atoms with E-state index in [1.54, 1.807) is 26.0 Å². The molecule has 1 aliphatic rings. The molecule has 9 heteroatoms. The van der Waals surface area contributed by atoms with Gasteiger partial charge in [0.2, 0.25) is 0 Å². The molecular weight excluding hydrogens is 333 g/mol. The van der Waals surface area contributed by atoms with Gasteiger partial charge in [0.1, 0.15) is 17.9 Å². The number of carbonyl (C=O) groups is 3. The highest BCUT2D eigenvalue weighted by Gasteiger charge is 2.45. The summed E-state index contributed by atoms with van der Waals surface area (Å²) in [5, 5.41) is 11.3. The first-order chi connectivity index (χ1) is 11.8. The van der Waals surface area contributed by atoms with Gasteiger partial charge in [-0.15, -0.1) is 0 Å². The fourth-order valence-corrected chi connectivity index (χ4v) is 2.63. The number of carbonyl (C=O) groups excluding carboxylic acids is 3. The summed E-state index contributed by atoms with van der Waals surface area (Å²) in [5.41, 5.74) is 2.06. The Hall–Kier alpha value is -2.52. The molecule has 0 saturated carbocycles. The van der Waals surface area contributed by atoms with Crippen LogP contribution in [0.25, 0.3) is 0 Å². The van der Waals surface area contributed by atoms with Crippen LogP contribution in [0.3, 0.4) is 0 Å². The number of imide groups is 1. The standard InChI is InChI=1S/C16H20FN3O5/c1-9(2)13(14(21)19-24)20-15(22)12(18-16(20)23)8-25-7-10-4-3-5-11(17)6-10/h3-6,9,12-13,24H,7-8H2,1-2H3,(H,18,23)(H,19,21). The van der Waals surface area contributed by atoms with Gasteiger partial charge in [0.25, 0.3) is 11.8 Å². The van der Waals surface area contributed by atoms with Crippen molar-refractivity contribution in [2.45, 2.75) is 32.5 Å². The Bertz CT molecular complexity index is 667. The second-order valence-electron chi connectivity index (χ2n) is 6.02. The van der Waals surface area contributed by atoms with Gasteiger partial charge in [-0.2, -0.15) is 0 Å². The van der Waals surface area contributed by atoms with E-state index in [2.05, 4.69) is 5.32 Å². The third-order valence-corrected chi connectivity index (χ3v) is 3.78. The summed E-state index contributed by atoms with van der Waals surface area (Å²) in [6.45, 7) is 3.24. The first-order valence-corrected chi connectivity index (χ1v) is 7.74. The zero-order chi connectivity index (χ0) is 18.6. The van der Waals surface area contributed by atoms with Crippen LogP contribution in [0.2, 0.25) is 0 Å². The van der Waals surface area contributed by atoms with Gasteiger partial charge in [-0.25, -0.2) is 19.6 Å². The number of hydrogen-bond acceptors (Lipinski definition) is 5. The lowest BCUT2D eigenvalue weighted by Gasteiger charge is -2.26. The van der Waals surface area contributed by atoms with E-state index in [0.717, 1.165) is 4.90 Å². The number of nitrogens with one attached hydrogen (secondary N) is 2. The Morgan fingerprint density at radius 3 is 2.76 bits per heavy atom. The lowest BCUT2D eigenvalue weighted by Crippen LogP contribution is -2.52. The Morgan fingerprint density at radius 2 is 2.16 bits per heavy atom. The maximum Gasteiger partial charge on any atom is 0.325 e. The zero-order valence-electron chi connectivity index (χ0n) is 13.9. The van der Waals surface area contributed by atoms with Crippen molar-refractivity contribution >= 4 is 17.8 Å². The quantitative estimate of drug-likeness (QED) is 0.382. The molecule has 1 saturated heterocycles. The van der Waals surface area contributed by atoms with Gasteiger partial charge >= 0.3 is 6.03 Å². The molecule has 2 unspecified atom stereocenters. The summed E-state index contributed by atoms with van der Waals surface area (Å²) >= 11 is 0. The predicted molar refractivity (Wildman–Crippen MR) is 83.8 cm³/mol. The number of nitrogens with zero attached hydrogens (tertiary/aromatic N) is 1. The van der Waals surface area contributed by atoms with Crippen molar-refractivity contribution in [3.63, 3.8) is 0 Å². The number of rotatable bonds is 7. The van der Waals surface area contributed by atoms with E-state index in [-0.39, 0.29) is 13.2 Å². The van der Waals surface area contributed by atoms with E-state index in [1.807, 2.05) is 0 Å². The van der Waals surface area contributed by atoms with Crippen LogP contribution < -0.4 is 10.8 Å². The topological polar surface area (TPSA) is 108 Å². The molecule has 0 radical (unpaired) electrons. The molecule has 1 aliphatic heterocycles. The highest BCUT2D eigenvalue weighted by atomic mass is 19.1. The molecule has 0 bridgehead atoms. The lowest BCUT2D eigenvalue weighted by atomic mass is 10.0. The Balaban J connectivity index is 1.99. The van der Waals surface area contributed by atoms with Crippen molar-refractivity contribution in [1.82, 2.24) is 15.7 Å². The summed E-state index contributed by atoms with van der Waals surface area (Å²) in [6.07, 6.45) is 0. The van der Waals surface area contributed by atoms with Crippen molar-refractivity contribution in [3.05, 3.63) is 35.6 Å². The Kier molecular flexibility index (Phi) is 6.05. The number of benzene rings is 1. The third-order valence-electron chi connectivity index (χ3n) is 3.78. The minimum Gasteiger partial charge on any atom is -0.374 e. The molecule has 1 heterocycles. The molecule has 8 nitrogen and oxygen atoms in total. The third kappa shape index (κ3) is 4.31. The molecule has 3 N–H and O–H groups in total. The van der Waals surface area contributed by atoms with Crippen LogP contribution >= 0.6 is 0 Å². The SMILES string of the molecule is CC(C)C(C(=O)NO)N1C(=O)NC(COCc2cccc(F)c2)C1=O. The monoisotopic (exact) mass is 353 g/mol. The van der Waals surface area contributed by atoms with Crippen LogP contribution in [0.4, 0.5) is 9.18 Å². The number of halogens is 1. The Labute approximate surface area is 143 Å². The van der Waals surface area contributed by atoms with Gasteiger partial charge in [0.05, 0.1) is 13.2 Å². The predicted octanol–water partition coefficient (Wildman–Crippen LogP) is 0.793. The average Bonchev–Trinajstić information content (AvgIpc) is 2.82. The number of hydrogen-bond donors (Lipinski definition) is 3. The molecule has 2 atom stereocenters. The van der Waals surface area contributed by atoms with Gasteiger partial charge in [-0.05, 0) is 23.6 Å². The number of urea groups is 1. The summed E-state index contributed by atoms with van der Waals surface area (Å²) in [7, 11) is 0. The highest BCUT2D eigenvalue weighted by molar-refractivity contribution is 6.07. The van der Waals surface area contributed by atoms with Crippen LogP contribution in [0.1, 0.15) is 19.4 Å².